The molecule has 0 heterocycles. The molecule has 0 fully saturated rings. The highest BCUT2D eigenvalue weighted by molar-refractivity contribution is 6.31. The van der Waals surface area contributed by atoms with Crippen LogP contribution in [0, 0.1) is 22.7 Å². The molecule has 0 atom stereocenters. The number of hydrogen-bond donors (Lipinski definition) is 0. The Morgan fingerprint density at radius 2 is 1.45 bits per heavy atom. The van der Waals surface area contributed by atoms with Gasteiger partial charge in [0.15, 0.2) is 0 Å². The van der Waals surface area contributed by atoms with E-state index in [4.69, 9.17) is 22.1 Å². The number of alkyl halides is 6. The molecule has 0 saturated heterocycles. The van der Waals surface area contributed by atoms with Gasteiger partial charge in [-0.05, 0) is 29.8 Å². The molecule has 2 rings (SSSR count). The van der Waals surface area contributed by atoms with Gasteiger partial charge in [0.2, 0.25) is 0 Å². The molecule has 2 aromatic rings. The van der Waals surface area contributed by atoms with Gasteiger partial charge in [0.25, 0.3) is 0 Å². The minimum absolute atomic E-state index is 0.00358. The van der Waals surface area contributed by atoms with Crippen LogP contribution in [-0.4, -0.2) is 0 Å². The third-order valence-corrected chi connectivity index (χ3v) is 4.10. The maximum atomic E-state index is 13.2. The molecule has 150 valence electrons. The summed E-state index contributed by atoms with van der Waals surface area (Å²) in [7, 11) is 0. The maximum Gasteiger partial charge on any atom is 0.416 e. The van der Waals surface area contributed by atoms with Crippen LogP contribution in [0.25, 0.3) is 0 Å². The van der Waals surface area contributed by atoms with Crippen molar-refractivity contribution in [2.75, 3.05) is 4.90 Å². The number of nitriles is 2. The zero-order chi connectivity index (χ0) is 21.8. The molecule has 0 aliphatic carbocycles. The third-order valence-electron chi connectivity index (χ3n) is 3.73. The standard InChI is InChI=1S/C19H10ClF6N3/c20-17-4-2-1-3-13(17)11-29(10-12(8-27)9-28)16-6-14(18(21,22)23)5-15(7-16)19(24,25)26/h1-7,10H,11H2. The number of anilines is 1. The average Bonchev–Trinajstić information content (AvgIpc) is 2.65. The molecule has 0 unspecified atom stereocenters. The molecule has 29 heavy (non-hydrogen) atoms. The molecule has 0 aliphatic rings. The molecular weight excluding hydrogens is 420 g/mol. The van der Waals surface area contributed by atoms with E-state index in [1.807, 2.05) is 0 Å². The molecule has 0 N–H and O–H groups in total. The molecule has 0 bridgehead atoms. The topological polar surface area (TPSA) is 50.8 Å². The van der Waals surface area contributed by atoms with Gasteiger partial charge in [0.1, 0.15) is 17.7 Å². The highest BCUT2D eigenvalue weighted by atomic mass is 35.5. The first kappa shape index (κ1) is 22.1. The van der Waals surface area contributed by atoms with Gasteiger partial charge >= 0.3 is 12.4 Å². The van der Waals surface area contributed by atoms with Crippen LogP contribution in [0.1, 0.15) is 16.7 Å². The summed E-state index contributed by atoms with van der Waals surface area (Å²) in [6.45, 7) is -0.273. The third kappa shape index (κ3) is 5.66. The van der Waals surface area contributed by atoms with Crippen molar-refractivity contribution in [1.82, 2.24) is 0 Å². The molecule has 0 saturated carbocycles. The van der Waals surface area contributed by atoms with Gasteiger partial charge < -0.3 is 4.90 Å². The van der Waals surface area contributed by atoms with Crippen molar-refractivity contribution in [3.8, 4) is 12.1 Å². The Kier molecular flexibility index (Phi) is 6.45. The molecule has 0 aliphatic heterocycles. The first-order valence-electron chi connectivity index (χ1n) is 7.77. The van der Waals surface area contributed by atoms with Crippen molar-refractivity contribution in [2.45, 2.75) is 18.9 Å². The lowest BCUT2D eigenvalue weighted by molar-refractivity contribution is -0.143. The van der Waals surface area contributed by atoms with Gasteiger partial charge in [-0.25, -0.2) is 0 Å². The van der Waals surface area contributed by atoms with Crippen LogP contribution in [0.2, 0.25) is 5.02 Å². The highest BCUT2D eigenvalue weighted by Crippen LogP contribution is 2.39. The summed E-state index contributed by atoms with van der Waals surface area (Å²) < 4.78 is 78.9. The molecular formula is C19H10ClF6N3. The van der Waals surface area contributed by atoms with E-state index in [1.54, 1.807) is 12.1 Å². The van der Waals surface area contributed by atoms with Crippen molar-refractivity contribution in [3.05, 3.63) is 76.0 Å². The lowest BCUT2D eigenvalue weighted by Gasteiger charge is -2.24. The molecule has 10 heteroatoms. The largest absolute Gasteiger partial charge is 0.416 e. The van der Waals surface area contributed by atoms with E-state index in [-0.39, 0.29) is 17.6 Å². The predicted molar refractivity (Wildman–Crippen MR) is 93.4 cm³/mol. The number of rotatable bonds is 4. The summed E-state index contributed by atoms with van der Waals surface area (Å²) in [5.74, 6) is 0. The van der Waals surface area contributed by atoms with E-state index in [0.29, 0.717) is 17.7 Å². The van der Waals surface area contributed by atoms with Gasteiger partial charge in [-0.3, -0.25) is 0 Å². The first-order valence-corrected chi connectivity index (χ1v) is 8.15. The Morgan fingerprint density at radius 3 is 1.90 bits per heavy atom. The Morgan fingerprint density at radius 1 is 0.931 bits per heavy atom. The normalized spacial score (nSPS) is 11.3. The second kappa shape index (κ2) is 8.46. The minimum Gasteiger partial charge on any atom is -0.341 e. The monoisotopic (exact) mass is 429 g/mol. The van der Waals surface area contributed by atoms with E-state index in [0.717, 1.165) is 11.1 Å². The fourth-order valence-electron chi connectivity index (χ4n) is 2.36. The Hall–Kier alpha value is -3.17. The maximum absolute atomic E-state index is 13.2. The lowest BCUT2D eigenvalue weighted by atomic mass is 10.1. The smallest absolute Gasteiger partial charge is 0.341 e. The average molecular weight is 430 g/mol. The summed E-state index contributed by atoms with van der Waals surface area (Å²) in [4.78, 5) is 0.938. The molecule has 0 amide bonds. The molecule has 3 nitrogen and oxygen atoms in total. The van der Waals surface area contributed by atoms with Crippen molar-refractivity contribution in [3.63, 3.8) is 0 Å². The van der Waals surface area contributed by atoms with Crippen molar-refractivity contribution >= 4 is 17.3 Å². The quantitative estimate of drug-likeness (QED) is 0.422. The molecule has 0 radical (unpaired) electrons. The molecule has 2 aromatic carbocycles. The van der Waals surface area contributed by atoms with Gasteiger partial charge in [0, 0.05) is 23.5 Å². The van der Waals surface area contributed by atoms with Gasteiger partial charge in [0.05, 0.1) is 11.1 Å². The number of hydrogen-bond acceptors (Lipinski definition) is 3. The first-order chi connectivity index (χ1) is 13.5. The number of benzene rings is 2. The van der Waals surface area contributed by atoms with E-state index >= 15 is 0 Å². The summed E-state index contributed by atoms with van der Waals surface area (Å²) in [6, 6.07) is 10.2. The van der Waals surface area contributed by atoms with E-state index < -0.39 is 34.7 Å². The SMILES string of the molecule is N#CC(C#N)=CN(Cc1ccccc1Cl)c1cc(C(F)(F)F)cc(C(F)(F)F)c1. The Bertz CT molecular complexity index is 964. The van der Waals surface area contributed by atoms with Crippen LogP contribution in [0.5, 0.6) is 0 Å². The Balaban J connectivity index is 2.69. The fourth-order valence-corrected chi connectivity index (χ4v) is 2.56. The second-order valence-electron chi connectivity index (χ2n) is 5.75. The van der Waals surface area contributed by atoms with Crippen LogP contribution in [0.3, 0.4) is 0 Å². The van der Waals surface area contributed by atoms with Gasteiger partial charge in [-0.1, -0.05) is 29.8 Å². The van der Waals surface area contributed by atoms with E-state index in [2.05, 4.69) is 0 Å². The van der Waals surface area contributed by atoms with E-state index in [9.17, 15) is 26.3 Å². The molecule has 0 aromatic heterocycles. The zero-order valence-corrected chi connectivity index (χ0v) is 15.1. The van der Waals surface area contributed by atoms with Crippen LogP contribution >= 0.6 is 11.6 Å². The van der Waals surface area contributed by atoms with Gasteiger partial charge in [-0.15, -0.1) is 0 Å². The van der Waals surface area contributed by atoms with Crippen molar-refractivity contribution in [2.24, 2.45) is 0 Å². The summed E-state index contributed by atoms with van der Waals surface area (Å²) in [5, 5.41) is 18.1. The van der Waals surface area contributed by atoms with Crippen molar-refractivity contribution in [1.29, 1.82) is 10.5 Å². The lowest BCUT2D eigenvalue weighted by Crippen LogP contribution is -2.19. The van der Waals surface area contributed by atoms with Crippen LogP contribution < -0.4 is 4.90 Å². The van der Waals surface area contributed by atoms with E-state index in [1.165, 1.54) is 24.3 Å². The summed E-state index contributed by atoms with van der Waals surface area (Å²) in [5.41, 5.74) is -3.68. The van der Waals surface area contributed by atoms with Crippen LogP contribution in [0.15, 0.2) is 54.2 Å². The number of halogens is 7. The highest BCUT2D eigenvalue weighted by Gasteiger charge is 2.37. The van der Waals surface area contributed by atoms with Crippen LogP contribution in [-0.2, 0) is 18.9 Å². The minimum atomic E-state index is -5.04. The summed E-state index contributed by atoms with van der Waals surface area (Å²) in [6.07, 6.45) is -9.20. The number of nitrogens with zero attached hydrogens (tertiary/aromatic N) is 3. The van der Waals surface area contributed by atoms with Crippen molar-refractivity contribution < 1.29 is 26.3 Å². The number of allylic oxidation sites excluding steroid dienone is 1. The fraction of sp³-hybridized carbons (Fsp3) is 0.158. The van der Waals surface area contributed by atoms with Crippen LogP contribution in [0.4, 0.5) is 32.0 Å². The Labute approximate surface area is 166 Å². The van der Waals surface area contributed by atoms with Gasteiger partial charge in [-0.2, -0.15) is 36.9 Å². The molecule has 0 spiro atoms. The predicted octanol–water partition coefficient (Wildman–Crippen LogP) is 6.32. The second-order valence-corrected chi connectivity index (χ2v) is 6.16. The zero-order valence-electron chi connectivity index (χ0n) is 14.3. The summed E-state index contributed by atoms with van der Waals surface area (Å²) >= 11 is 6.03.